The van der Waals surface area contributed by atoms with Crippen LogP contribution in [0, 0.1) is 6.92 Å². The number of rotatable bonds is 2. The number of thiazole rings is 1. The van der Waals surface area contributed by atoms with Crippen molar-refractivity contribution in [3.8, 4) is 10.6 Å². The molecule has 0 amide bonds. The summed E-state index contributed by atoms with van der Waals surface area (Å²) < 4.78 is 0. The molecule has 1 aromatic carbocycles. The minimum atomic E-state index is 0.839. The van der Waals surface area contributed by atoms with Crippen molar-refractivity contribution in [2.24, 2.45) is 0 Å². The maximum Gasteiger partial charge on any atom is 0.123 e. The highest BCUT2D eigenvalue weighted by Crippen LogP contribution is 2.26. The normalized spacial score (nSPS) is 10.5. The lowest BCUT2D eigenvalue weighted by Gasteiger charge is -2.01. The molecule has 2 N–H and O–H groups in total. The Morgan fingerprint density at radius 2 is 2.20 bits per heavy atom. The SMILES string of the molecule is CCc1csc(-c2ccc(N)c(C)c2)n1. The van der Waals surface area contributed by atoms with Gasteiger partial charge >= 0.3 is 0 Å². The van der Waals surface area contributed by atoms with Crippen molar-refractivity contribution in [2.45, 2.75) is 20.3 Å². The molecule has 0 saturated heterocycles. The number of nitrogens with two attached hydrogens (primary N) is 1. The van der Waals surface area contributed by atoms with E-state index in [0.29, 0.717) is 0 Å². The van der Waals surface area contributed by atoms with E-state index in [-0.39, 0.29) is 0 Å². The maximum absolute atomic E-state index is 5.78. The molecule has 0 aliphatic heterocycles. The molecule has 0 spiro atoms. The van der Waals surface area contributed by atoms with Crippen molar-refractivity contribution in [3.63, 3.8) is 0 Å². The molecule has 0 radical (unpaired) electrons. The highest BCUT2D eigenvalue weighted by Gasteiger charge is 2.04. The summed E-state index contributed by atoms with van der Waals surface area (Å²) in [6.45, 7) is 4.14. The van der Waals surface area contributed by atoms with Crippen LogP contribution in [0.25, 0.3) is 10.6 Å². The number of hydrogen-bond acceptors (Lipinski definition) is 3. The minimum Gasteiger partial charge on any atom is -0.399 e. The van der Waals surface area contributed by atoms with Crippen LogP contribution in [0.2, 0.25) is 0 Å². The van der Waals surface area contributed by atoms with Crippen molar-refractivity contribution in [2.75, 3.05) is 5.73 Å². The molecule has 1 aromatic heterocycles. The fourth-order valence-electron chi connectivity index (χ4n) is 1.41. The maximum atomic E-state index is 5.78. The van der Waals surface area contributed by atoms with Crippen LogP contribution in [-0.2, 0) is 6.42 Å². The van der Waals surface area contributed by atoms with Crippen molar-refractivity contribution >= 4 is 17.0 Å². The van der Waals surface area contributed by atoms with Crippen molar-refractivity contribution in [1.29, 1.82) is 0 Å². The second kappa shape index (κ2) is 4.03. The van der Waals surface area contributed by atoms with Gasteiger partial charge in [0, 0.05) is 16.6 Å². The molecule has 0 atom stereocenters. The number of nitrogen functional groups attached to an aromatic ring is 1. The molecule has 0 bridgehead atoms. The Labute approximate surface area is 93.8 Å². The number of benzene rings is 1. The zero-order chi connectivity index (χ0) is 10.8. The molecule has 0 saturated carbocycles. The standard InChI is InChI=1S/C12H14N2S/c1-3-10-7-15-12(14-10)9-4-5-11(13)8(2)6-9/h4-7H,3,13H2,1-2H3. The second-order valence-corrected chi connectivity index (χ2v) is 4.43. The van der Waals surface area contributed by atoms with E-state index >= 15 is 0 Å². The molecular weight excluding hydrogens is 204 g/mol. The van der Waals surface area contributed by atoms with Crippen LogP contribution in [0.4, 0.5) is 5.69 Å². The largest absolute Gasteiger partial charge is 0.399 e. The van der Waals surface area contributed by atoms with Crippen LogP contribution in [0.15, 0.2) is 23.6 Å². The summed E-state index contributed by atoms with van der Waals surface area (Å²) in [5, 5.41) is 3.19. The minimum absolute atomic E-state index is 0.839. The molecular formula is C12H14N2S. The van der Waals surface area contributed by atoms with E-state index < -0.39 is 0 Å². The first-order chi connectivity index (χ1) is 7.20. The number of anilines is 1. The molecule has 3 heteroatoms. The topological polar surface area (TPSA) is 38.9 Å². The average molecular weight is 218 g/mol. The second-order valence-electron chi connectivity index (χ2n) is 3.57. The molecule has 0 aliphatic carbocycles. The molecule has 0 aliphatic rings. The van der Waals surface area contributed by atoms with E-state index in [9.17, 15) is 0 Å². The van der Waals surface area contributed by atoms with Gasteiger partial charge < -0.3 is 5.73 Å². The molecule has 2 rings (SSSR count). The zero-order valence-corrected chi connectivity index (χ0v) is 9.77. The first-order valence-electron chi connectivity index (χ1n) is 5.01. The lowest BCUT2D eigenvalue weighted by Crippen LogP contribution is -1.89. The van der Waals surface area contributed by atoms with Crippen LogP contribution < -0.4 is 5.73 Å². The third-order valence-electron chi connectivity index (χ3n) is 2.43. The third-order valence-corrected chi connectivity index (χ3v) is 3.37. The van der Waals surface area contributed by atoms with E-state index in [1.807, 2.05) is 19.1 Å². The molecule has 15 heavy (non-hydrogen) atoms. The first-order valence-corrected chi connectivity index (χ1v) is 5.89. The van der Waals surface area contributed by atoms with E-state index in [2.05, 4.69) is 23.4 Å². The van der Waals surface area contributed by atoms with Gasteiger partial charge in [-0.05, 0) is 37.1 Å². The summed E-state index contributed by atoms with van der Waals surface area (Å²) in [7, 11) is 0. The number of hydrogen-bond donors (Lipinski definition) is 1. The van der Waals surface area contributed by atoms with Gasteiger partial charge in [0.2, 0.25) is 0 Å². The summed E-state index contributed by atoms with van der Waals surface area (Å²) in [6.07, 6.45) is 0.991. The summed E-state index contributed by atoms with van der Waals surface area (Å²) >= 11 is 1.69. The van der Waals surface area contributed by atoms with Crippen molar-refractivity contribution < 1.29 is 0 Å². The van der Waals surface area contributed by atoms with E-state index in [1.54, 1.807) is 11.3 Å². The molecule has 78 valence electrons. The molecule has 1 heterocycles. The monoisotopic (exact) mass is 218 g/mol. The van der Waals surface area contributed by atoms with Crippen LogP contribution in [-0.4, -0.2) is 4.98 Å². The summed E-state index contributed by atoms with van der Waals surface area (Å²) in [6, 6.07) is 6.06. The quantitative estimate of drug-likeness (QED) is 0.786. The van der Waals surface area contributed by atoms with Gasteiger partial charge in [-0.15, -0.1) is 11.3 Å². The molecule has 0 unspecified atom stereocenters. The fraction of sp³-hybridized carbons (Fsp3) is 0.250. The van der Waals surface area contributed by atoms with E-state index in [0.717, 1.165) is 33.9 Å². The van der Waals surface area contributed by atoms with Gasteiger partial charge in [-0.25, -0.2) is 4.98 Å². The van der Waals surface area contributed by atoms with Crippen LogP contribution in [0.1, 0.15) is 18.2 Å². The van der Waals surface area contributed by atoms with Gasteiger partial charge in [0.1, 0.15) is 5.01 Å². The van der Waals surface area contributed by atoms with E-state index in [4.69, 9.17) is 5.73 Å². The fourth-order valence-corrected chi connectivity index (χ4v) is 2.31. The Balaban J connectivity index is 2.40. The Hall–Kier alpha value is -1.35. The number of aryl methyl sites for hydroxylation is 2. The lowest BCUT2D eigenvalue weighted by atomic mass is 10.1. The Morgan fingerprint density at radius 3 is 2.80 bits per heavy atom. The van der Waals surface area contributed by atoms with Crippen LogP contribution in [0.5, 0.6) is 0 Å². The molecule has 0 fully saturated rings. The Kier molecular flexibility index (Phi) is 2.73. The van der Waals surface area contributed by atoms with Crippen molar-refractivity contribution in [1.82, 2.24) is 4.98 Å². The number of nitrogens with zero attached hydrogens (tertiary/aromatic N) is 1. The molecule has 2 nitrogen and oxygen atoms in total. The van der Waals surface area contributed by atoms with Gasteiger partial charge in [-0.2, -0.15) is 0 Å². The van der Waals surface area contributed by atoms with Crippen LogP contribution >= 0.6 is 11.3 Å². The average Bonchev–Trinajstić information content (AvgIpc) is 2.70. The number of aromatic nitrogens is 1. The van der Waals surface area contributed by atoms with Gasteiger partial charge in [0.25, 0.3) is 0 Å². The highest BCUT2D eigenvalue weighted by atomic mass is 32.1. The highest BCUT2D eigenvalue weighted by molar-refractivity contribution is 7.13. The first kappa shape index (κ1) is 10.2. The Morgan fingerprint density at radius 1 is 1.40 bits per heavy atom. The van der Waals surface area contributed by atoms with Crippen LogP contribution in [0.3, 0.4) is 0 Å². The summed E-state index contributed by atoms with van der Waals surface area (Å²) in [5.41, 5.74) is 10.0. The zero-order valence-electron chi connectivity index (χ0n) is 8.95. The van der Waals surface area contributed by atoms with Gasteiger partial charge in [-0.3, -0.25) is 0 Å². The van der Waals surface area contributed by atoms with Crippen molar-refractivity contribution in [3.05, 3.63) is 34.8 Å². The van der Waals surface area contributed by atoms with Gasteiger partial charge in [0.15, 0.2) is 0 Å². The van der Waals surface area contributed by atoms with Gasteiger partial charge in [-0.1, -0.05) is 6.92 Å². The summed E-state index contributed by atoms with van der Waals surface area (Å²) in [5.74, 6) is 0. The summed E-state index contributed by atoms with van der Waals surface area (Å²) in [4.78, 5) is 4.55. The third kappa shape index (κ3) is 2.02. The molecule has 2 aromatic rings. The smallest absolute Gasteiger partial charge is 0.123 e. The van der Waals surface area contributed by atoms with E-state index in [1.165, 1.54) is 0 Å². The predicted molar refractivity (Wildman–Crippen MR) is 66.1 cm³/mol. The lowest BCUT2D eigenvalue weighted by molar-refractivity contribution is 1.07. The predicted octanol–water partition coefficient (Wildman–Crippen LogP) is 3.26. The Bertz CT molecular complexity index is 474. The van der Waals surface area contributed by atoms with Gasteiger partial charge in [0.05, 0.1) is 5.69 Å².